The molecule has 3 nitrogen and oxygen atoms in total. The van der Waals surface area contributed by atoms with Gasteiger partial charge in [0.25, 0.3) is 0 Å². The van der Waals surface area contributed by atoms with Crippen LogP contribution in [-0.2, 0) is 11.3 Å². The van der Waals surface area contributed by atoms with Crippen molar-refractivity contribution in [2.75, 3.05) is 12.4 Å². The average molecular weight is 192 g/mol. The van der Waals surface area contributed by atoms with Crippen molar-refractivity contribution in [1.29, 1.82) is 0 Å². The summed E-state index contributed by atoms with van der Waals surface area (Å²) >= 11 is 0. The van der Waals surface area contributed by atoms with Crippen molar-refractivity contribution in [3.8, 4) is 0 Å². The van der Waals surface area contributed by atoms with Crippen LogP contribution in [0.5, 0.6) is 0 Å². The zero-order valence-electron chi connectivity index (χ0n) is 8.63. The zero-order chi connectivity index (χ0) is 10.4. The van der Waals surface area contributed by atoms with E-state index in [1.165, 1.54) is 11.3 Å². The molecule has 1 aromatic rings. The summed E-state index contributed by atoms with van der Waals surface area (Å²) in [6.45, 7) is 2.87. The smallest absolute Gasteiger partial charge is 0.219 e. The summed E-state index contributed by atoms with van der Waals surface area (Å²) < 4.78 is 0. The maximum absolute atomic E-state index is 10.1. The Kier molecular flexibility index (Phi) is 3.98. The Balaban J connectivity index is 0.000000149. The minimum absolute atomic E-state index is 0.0926. The Bertz CT molecular complexity index is 281. The van der Waals surface area contributed by atoms with E-state index in [0.717, 1.165) is 6.54 Å². The van der Waals surface area contributed by atoms with E-state index in [9.17, 15) is 4.79 Å². The van der Waals surface area contributed by atoms with Gasteiger partial charge in [-0.15, -0.1) is 0 Å². The van der Waals surface area contributed by atoms with E-state index in [2.05, 4.69) is 28.8 Å². The van der Waals surface area contributed by atoms with E-state index >= 15 is 0 Å². The third kappa shape index (κ3) is 2.76. The van der Waals surface area contributed by atoms with Crippen molar-refractivity contribution >= 4 is 11.6 Å². The standard InChI is InChI=1S/C7H7N.C4H9NO/c1-2-4-7-6(3-1)5-8-7;1-3-4(6)5-2/h1-4,8H,5H2;3H2,1-2H3,(H,5,6). The van der Waals surface area contributed by atoms with Gasteiger partial charge in [0.05, 0.1) is 0 Å². The molecule has 14 heavy (non-hydrogen) atoms. The molecule has 0 atom stereocenters. The third-order valence-corrected chi connectivity index (χ3v) is 2.09. The lowest BCUT2D eigenvalue weighted by Crippen LogP contribution is -2.15. The normalized spacial score (nSPS) is 11.0. The van der Waals surface area contributed by atoms with Crippen LogP contribution in [0.25, 0.3) is 0 Å². The maximum Gasteiger partial charge on any atom is 0.219 e. The summed E-state index contributed by atoms with van der Waals surface area (Å²) in [5, 5.41) is 5.66. The number of nitrogens with one attached hydrogen (secondary N) is 2. The number of carbonyl (C=O) groups is 1. The van der Waals surface area contributed by atoms with Gasteiger partial charge in [0.1, 0.15) is 0 Å². The highest BCUT2D eigenvalue weighted by Gasteiger charge is 2.07. The molecule has 76 valence electrons. The highest BCUT2D eigenvalue weighted by Crippen LogP contribution is 2.23. The lowest BCUT2D eigenvalue weighted by atomic mass is 10.1. The third-order valence-electron chi connectivity index (χ3n) is 2.09. The van der Waals surface area contributed by atoms with Crippen molar-refractivity contribution in [3.63, 3.8) is 0 Å². The van der Waals surface area contributed by atoms with Gasteiger partial charge in [-0.1, -0.05) is 25.1 Å². The van der Waals surface area contributed by atoms with E-state index in [0.29, 0.717) is 6.42 Å². The molecule has 0 spiro atoms. The van der Waals surface area contributed by atoms with Gasteiger partial charge in [-0.05, 0) is 11.6 Å². The summed E-state index contributed by atoms with van der Waals surface area (Å²) in [5.41, 5.74) is 2.74. The molecule has 2 rings (SSSR count). The van der Waals surface area contributed by atoms with Crippen molar-refractivity contribution in [1.82, 2.24) is 5.32 Å². The average Bonchev–Trinajstić information content (AvgIpc) is 2.20. The van der Waals surface area contributed by atoms with Crippen LogP contribution in [0.15, 0.2) is 24.3 Å². The second kappa shape index (κ2) is 5.27. The molecule has 2 N–H and O–H groups in total. The zero-order valence-corrected chi connectivity index (χ0v) is 8.63. The van der Waals surface area contributed by atoms with Gasteiger partial charge in [0.2, 0.25) is 5.91 Å². The lowest BCUT2D eigenvalue weighted by Gasteiger charge is -2.19. The molecule has 1 amide bonds. The SMILES string of the molecule is CCC(=O)NC.c1ccc2c(c1)CN2. The Morgan fingerprint density at radius 2 is 2.21 bits per heavy atom. The minimum atomic E-state index is 0.0926. The lowest BCUT2D eigenvalue weighted by molar-refractivity contribution is -0.120. The van der Waals surface area contributed by atoms with Gasteiger partial charge >= 0.3 is 0 Å². The Morgan fingerprint density at radius 1 is 1.50 bits per heavy atom. The Labute approximate surface area is 84.5 Å². The monoisotopic (exact) mass is 192 g/mol. The highest BCUT2D eigenvalue weighted by atomic mass is 16.1. The fraction of sp³-hybridized carbons (Fsp3) is 0.364. The predicted molar refractivity (Wildman–Crippen MR) is 58.1 cm³/mol. The van der Waals surface area contributed by atoms with Crippen molar-refractivity contribution in [3.05, 3.63) is 29.8 Å². The van der Waals surface area contributed by atoms with Gasteiger partial charge in [-0.25, -0.2) is 0 Å². The molecule has 0 radical (unpaired) electrons. The van der Waals surface area contributed by atoms with Gasteiger partial charge in [-0.3, -0.25) is 4.79 Å². The molecule has 0 aromatic heterocycles. The van der Waals surface area contributed by atoms with Crippen molar-refractivity contribution in [2.45, 2.75) is 19.9 Å². The largest absolute Gasteiger partial charge is 0.381 e. The number of hydrogen-bond donors (Lipinski definition) is 2. The van der Waals surface area contributed by atoms with Crippen LogP contribution in [-0.4, -0.2) is 13.0 Å². The van der Waals surface area contributed by atoms with Crippen molar-refractivity contribution in [2.24, 2.45) is 0 Å². The van der Waals surface area contributed by atoms with Gasteiger partial charge in [-0.2, -0.15) is 0 Å². The van der Waals surface area contributed by atoms with Gasteiger partial charge in [0.15, 0.2) is 0 Å². The number of rotatable bonds is 1. The van der Waals surface area contributed by atoms with E-state index < -0.39 is 0 Å². The number of benzene rings is 1. The number of hydrogen-bond acceptors (Lipinski definition) is 2. The van der Waals surface area contributed by atoms with Crippen LogP contribution in [0, 0.1) is 0 Å². The minimum Gasteiger partial charge on any atom is -0.381 e. The second-order valence-corrected chi connectivity index (χ2v) is 3.04. The molecule has 0 saturated carbocycles. The number of carbonyl (C=O) groups excluding carboxylic acids is 1. The summed E-state index contributed by atoms with van der Waals surface area (Å²) in [4.78, 5) is 10.1. The fourth-order valence-electron chi connectivity index (χ4n) is 1.11. The highest BCUT2D eigenvalue weighted by molar-refractivity contribution is 5.74. The number of para-hydroxylation sites is 1. The summed E-state index contributed by atoms with van der Waals surface area (Å²) in [5.74, 6) is 0.0926. The number of anilines is 1. The van der Waals surface area contributed by atoms with Gasteiger partial charge < -0.3 is 10.6 Å². The first kappa shape index (κ1) is 10.6. The number of fused-ring (bicyclic) bond motifs is 1. The Hall–Kier alpha value is -1.51. The topological polar surface area (TPSA) is 41.1 Å². The predicted octanol–water partition coefficient (Wildman–Crippen LogP) is 1.75. The molecular weight excluding hydrogens is 176 g/mol. The quantitative estimate of drug-likeness (QED) is 0.711. The van der Waals surface area contributed by atoms with E-state index in [4.69, 9.17) is 0 Å². The molecule has 3 heteroatoms. The van der Waals surface area contributed by atoms with Crippen LogP contribution in [0.1, 0.15) is 18.9 Å². The molecule has 1 aromatic carbocycles. The summed E-state index contributed by atoms with van der Waals surface area (Å²) in [7, 11) is 1.63. The first-order chi connectivity index (χ1) is 6.77. The van der Waals surface area contributed by atoms with Gasteiger partial charge in [0, 0.05) is 25.7 Å². The molecule has 0 aliphatic carbocycles. The second-order valence-electron chi connectivity index (χ2n) is 3.04. The molecule has 0 bridgehead atoms. The van der Waals surface area contributed by atoms with E-state index in [1.807, 2.05) is 13.0 Å². The molecular formula is C11H16N2O. The molecule has 1 aliphatic heterocycles. The van der Waals surface area contributed by atoms with Crippen LogP contribution in [0.4, 0.5) is 5.69 Å². The summed E-state index contributed by atoms with van der Waals surface area (Å²) in [6, 6.07) is 8.36. The molecule has 0 fully saturated rings. The molecule has 1 heterocycles. The van der Waals surface area contributed by atoms with Crippen molar-refractivity contribution < 1.29 is 4.79 Å². The first-order valence-electron chi connectivity index (χ1n) is 4.80. The van der Waals surface area contributed by atoms with Crippen LogP contribution in [0.3, 0.4) is 0 Å². The Morgan fingerprint density at radius 3 is 2.43 bits per heavy atom. The number of amides is 1. The molecule has 0 saturated heterocycles. The maximum atomic E-state index is 10.1. The summed E-state index contributed by atoms with van der Waals surface area (Å²) in [6.07, 6.45) is 0.580. The van der Waals surface area contributed by atoms with Crippen LogP contribution < -0.4 is 10.6 Å². The van der Waals surface area contributed by atoms with Crippen LogP contribution >= 0.6 is 0 Å². The van der Waals surface area contributed by atoms with E-state index in [1.54, 1.807) is 7.05 Å². The van der Waals surface area contributed by atoms with Crippen LogP contribution in [0.2, 0.25) is 0 Å². The molecule has 0 unspecified atom stereocenters. The first-order valence-corrected chi connectivity index (χ1v) is 4.80. The fourth-order valence-corrected chi connectivity index (χ4v) is 1.11. The molecule has 1 aliphatic rings. The van der Waals surface area contributed by atoms with E-state index in [-0.39, 0.29) is 5.91 Å².